The lowest BCUT2D eigenvalue weighted by atomic mass is 9.76. The Bertz CT molecular complexity index is 913. The normalized spacial score (nSPS) is 30.1. The molecule has 0 unspecified atom stereocenters. The number of anilines is 1. The molecule has 3 aliphatic rings. The molecule has 4 rings (SSSR count). The van der Waals surface area contributed by atoms with Crippen molar-refractivity contribution in [3.63, 3.8) is 0 Å². The molecular formula is C19H16BrNO7. The van der Waals surface area contributed by atoms with Gasteiger partial charge in [-0.25, -0.2) is 4.90 Å². The highest BCUT2D eigenvalue weighted by molar-refractivity contribution is 9.10. The minimum atomic E-state index is -1.55. The molecule has 0 radical (unpaired) electrons. The van der Waals surface area contributed by atoms with E-state index in [1.54, 1.807) is 36.4 Å². The van der Waals surface area contributed by atoms with Crippen molar-refractivity contribution in [1.82, 2.24) is 0 Å². The summed E-state index contributed by atoms with van der Waals surface area (Å²) in [6.45, 7) is 2.31. The molecule has 146 valence electrons. The van der Waals surface area contributed by atoms with E-state index >= 15 is 0 Å². The highest BCUT2D eigenvalue weighted by Gasteiger charge is 2.72. The van der Waals surface area contributed by atoms with Crippen LogP contribution in [0.15, 0.2) is 40.9 Å². The largest absolute Gasteiger partial charge is 0.422 e. The van der Waals surface area contributed by atoms with Gasteiger partial charge in [0, 0.05) is 18.3 Å². The highest BCUT2D eigenvalue weighted by atomic mass is 79.9. The van der Waals surface area contributed by atoms with Crippen LogP contribution in [0.2, 0.25) is 0 Å². The first kappa shape index (κ1) is 18.8. The average Bonchev–Trinajstić information content (AvgIpc) is 3.26. The standard InChI is InChI=1S/C19H16BrNO7/c1-9(22)26-18(27-10(2)23)19-8-7-13(28-19)14-15(19)17(25)21(16(14)24)12-6-4-3-5-11(12)20/h3-8,13-15,18H,1-2H3/t13-,14+,15+,19+/m1/s1. The summed E-state index contributed by atoms with van der Waals surface area (Å²) in [6, 6.07) is 6.87. The molecule has 0 aliphatic carbocycles. The summed E-state index contributed by atoms with van der Waals surface area (Å²) >= 11 is 3.36. The van der Waals surface area contributed by atoms with Crippen molar-refractivity contribution in [3.8, 4) is 0 Å². The van der Waals surface area contributed by atoms with Gasteiger partial charge in [-0.15, -0.1) is 0 Å². The average molecular weight is 450 g/mol. The quantitative estimate of drug-likeness (QED) is 0.298. The van der Waals surface area contributed by atoms with Crippen LogP contribution in [-0.4, -0.2) is 41.7 Å². The number of halogens is 1. The maximum Gasteiger partial charge on any atom is 0.305 e. The fourth-order valence-electron chi connectivity index (χ4n) is 4.09. The predicted molar refractivity (Wildman–Crippen MR) is 97.7 cm³/mol. The molecule has 0 spiro atoms. The van der Waals surface area contributed by atoms with E-state index in [0.29, 0.717) is 10.2 Å². The second-order valence-electron chi connectivity index (χ2n) is 6.81. The van der Waals surface area contributed by atoms with E-state index in [1.807, 2.05) is 0 Å². The Hall–Kier alpha value is -2.52. The second kappa shape index (κ2) is 6.52. The molecule has 0 aromatic heterocycles. The summed E-state index contributed by atoms with van der Waals surface area (Å²) in [5, 5.41) is 0. The molecule has 4 atom stereocenters. The fraction of sp³-hybridized carbons (Fsp3) is 0.368. The van der Waals surface area contributed by atoms with Crippen molar-refractivity contribution in [2.24, 2.45) is 11.8 Å². The second-order valence-corrected chi connectivity index (χ2v) is 7.67. The van der Waals surface area contributed by atoms with Gasteiger partial charge in [0.1, 0.15) is 0 Å². The van der Waals surface area contributed by atoms with Gasteiger partial charge in [0.25, 0.3) is 6.29 Å². The summed E-state index contributed by atoms with van der Waals surface area (Å²) in [6.07, 6.45) is 1.03. The lowest BCUT2D eigenvalue weighted by molar-refractivity contribution is -0.226. The lowest BCUT2D eigenvalue weighted by Gasteiger charge is -2.34. The number of hydrogen-bond acceptors (Lipinski definition) is 7. The Kier molecular flexibility index (Phi) is 4.39. The number of benzene rings is 1. The monoisotopic (exact) mass is 449 g/mol. The van der Waals surface area contributed by atoms with E-state index in [9.17, 15) is 19.2 Å². The smallest absolute Gasteiger partial charge is 0.305 e. The predicted octanol–water partition coefficient (Wildman–Crippen LogP) is 1.71. The van der Waals surface area contributed by atoms with Gasteiger partial charge in [-0.1, -0.05) is 18.2 Å². The number of para-hydroxylation sites is 1. The molecule has 1 aromatic carbocycles. The SMILES string of the molecule is CC(=O)OC(OC(C)=O)[C@@]12C=C[C@@H](O1)[C@@H]1C(=O)N(c3ccccc3Br)C(=O)[C@H]12. The molecule has 1 aromatic rings. The van der Waals surface area contributed by atoms with E-state index in [0.717, 1.165) is 18.7 Å². The third-order valence-electron chi connectivity index (χ3n) is 5.09. The van der Waals surface area contributed by atoms with Crippen LogP contribution < -0.4 is 4.90 Å². The minimum absolute atomic E-state index is 0.414. The van der Waals surface area contributed by atoms with Crippen molar-refractivity contribution in [1.29, 1.82) is 0 Å². The molecule has 2 amide bonds. The Morgan fingerprint density at radius 3 is 2.39 bits per heavy atom. The third kappa shape index (κ3) is 2.61. The molecule has 3 aliphatic heterocycles. The van der Waals surface area contributed by atoms with Gasteiger partial charge in [-0.2, -0.15) is 0 Å². The zero-order chi connectivity index (χ0) is 20.2. The van der Waals surface area contributed by atoms with Crippen LogP contribution in [0.25, 0.3) is 0 Å². The molecule has 9 heteroatoms. The summed E-state index contributed by atoms with van der Waals surface area (Å²) in [5.41, 5.74) is -1.13. The van der Waals surface area contributed by atoms with Crippen molar-refractivity contribution >= 4 is 45.4 Å². The van der Waals surface area contributed by atoms with E-state index in [1.165, 1.54) is 0 Å². The molecule has 0 N–H and O–H groups in total. The topological polar surface area (TPSA) is 99.2 Å². The molecule has 0 saturated carbocycles. The number of imide groups is 1. The minimum Gasteiger partial charge on any atom is -0.422 e. The van der Waals surface area contributed by atoms with Gasteiger partial charge < -0.3 is 14.2 Å². The van der Waals surface area contributed by atoms with Gasteiger partial charge in [0.05, 0.1) is 23.6 Å². The summed E-state index contributed by atoms with van der Waals surface area (Å²) < 4.78 is 16.8. The molecule has 28 heavy (non-hydrogen) atoms. The first-order valence-electron chi connectivity index (χ1n) is 8.60. The Morgan fingerprint density at radius 1 is 1.14 bits per heavy atom. The van der Waals surface area contributed by atoms with Crippen molar-refractivity contribution in [3.05, 3.63) is 40.9 Å². The molecule has 3 heterocycles. The van der Waals surface area contributed by atoms with Crippen LogP contribution in [-0.2, 0) is 33.4 Å². The van der Waals surface area contributed by atoms with Gasteiger partial charge in [0.2, 0.25) is 11.8 Å². The first-order valence-corrected chi connectivity index (χ1v) is 9.39. The molecule has 2 fully saturated rings. The van der Waals surface area contributed by atoms with Crippen LogP contribution >= 0.6 is 15.9 Å². The number of fused-ring (bicyclic) bond motifs is 5. The number of hydrogen-bond donors (Lipinski definition) is 0. The zero-order valence-corrected chi connectivity index (χ0v) is 16.5. The summed E-state index contributed by atoms with van der Waals surface area (Å²) in [5.74, 6) is -4.10. The number of esters is 2. The Morgan fingerprint density at radius 2 is 1.79 bits per heavy atom. The maximum atomic E-state index is 13.3. The molecule has 8 nitrogen and oxygen atoms in total. The van der Waals surface area contributed by atoms with Gasteiger partial charge in [0.15, 0.2) is 5.60 Å². The van der Waals surface area contributed by atoms with Crippen molar-refractivity contribution in [2.75, 3.05) is 4.90 Å². The third-order valence-corrected chi connectivity index (χ3v) is 5.76. The van der Waals surface area contributed by atoms with Gasteiger partial charge >= 0.3 is 11.9 Å². The number of nitrogens with zero attached hydrogens (tertiary/aromatic N) is 1. The van der Waals surface area contributed by atoms with Crippen LogP contribution in [0.1, 0.15) is 13.8 Å². The van der Waals surface area contributed by atoms with E-state index in [-0.39, 0.29) is 0 Å². The molecule has 2 bridgehead atoms. The summed E-state index contributed by atoms with van der Waals surface area (Å²) in [7, 11) is 0. The number of amides is 2. The molecule has 2 saturated heterocycles. The highest BCUT2D eigenvalue weighted by Crippen LogP contribution is 2.55. The van der Waals surface area contributed by atoms with E-state index in [2.05, 4.69) is 15.9 Å². The van der Waals surface area contributed by atoms with E-state index in [4.69, 9.17) is 14.2 Å². The Balaban J connectivity index is 1.77. The van der Waals surface area contributed by atoms with Gasteiger partial charge in [-0.3, -0.25) is 19.2 Å². The van der Waals surface area contributed by atoms with Crippen LogP contribution in [0.3, 0.4) is 0 Å². The number of carbonyl (C=O) groups excluding carboxylic acids is 4. The van der Waals surface area contributed by atoms with E-state index < -0.39 is 53.6 Å². The van der Waals surface area contributed by atoms with Crippen LogP contribution in [0.4, 0.5) is 5.69 Å². The van der Waals surface area contributed by atoms with Crippen molar-refractivity contribution < 1.29 is 33.4 Å². The maximum absolute atomic E-state index is 13.3. The molecular weight excluding hydrogens is 434 g/mol. The summed E-state index contributed by atoms with van der Waals surface area (Å²) in [4.78, 5) is 50.7. The van der Waals surface area contributed by atoms with Crippen molar-refractivity contribution in [2.45, 2.75) is 31.8 Å². The fourth-order valence-corrected chi connectivity index (χ4v) is 4.55. The van der Waals surface area contributed by atoms with Crippen LogP contribution in [0, 0.1) is 11.8 Å². The number of carbonyl (C=O) groups is 4. The number of rotatable bonds is 4. The first-order chi connectivity index (χ1) is 13.3. The van der Waals surface area contributed by atoms with Crippen LogP contribution in [0.5, 0.6) is 0 Å². The number of ether oxygens (including phenoxy) is 3. The lowest BCUT2D eigenvalue weighted by Crippen LogP contribution is -2.52. The zero-order valence-electron chi connectivity index (χ0n) is 15.0. The van der Waals surface area contributed by atoms with Gasteiger partial charge in [-0.05, 0) is 34.1 Å². The Labute approximate surface area is 168 Å².